The van der Waals surface area contributed by atoms with Crippen LogP contribution in [0.5, 0.6) is 0 Å². The molecule has 0 saturated heterocycles. The third kappa shape index (κ3) is 3.28. The average Bonchev–Trinajstić information content (AvgIpc) is 2.71. The van der Waals surface area contributed by atoms with Crippen molar-refractivity contribution in [3.63, 3.8) is 0 Å². The number of imidazole rings is 1. The maximum absolute atomic E-state index is 6.24. The molecule has 0 amide bonds. The molecule has 0 radical (unpaired) electrons. The first-order valence-electron chi connectivity index (χ1n) is 6.18. The Kier molecular flexibility index (Phi) is 4.45. The van der Waals surface area contributed by atoms with Crippen molar-refractivity contribution in [2.45, 2.75) is 19.9 Å². The minimum Gasteiger partial charge on any atom is -0.383 e. The van der Waals surface area contributed by atoms with Crippen LogP contribution in [0, 0.1) is 6.92 Å². The lowest BCUT2D eigenvalue weighted by molar-refractivity contribution is 0.190. The molecule has 1 N–H and O–H groups in total. The molecular weight excluding hydrogens is 262 g/mol. The van der Waals surface area contributed by atoms with E-state index in [-0.39, 0.29) is 6.04 Å². The molecule has 0 fully saturated rings. The zero-order chi connectivity index (χ0) is 13.8. The number of aryl methyl sites for hydroxylation is 1. The number of aromatic nitrogens is 2. The first-order chi connectivity index (χ1) is 9.11. The standard InChI is InChI=1S/C14H18ClN3O/c1-10-8-18(13-7-5-4-6-12(13)15)14(16-10)17-11(2)9-19-3/h4-8,11H,9H2,1-3H3,(H,16,17). The van der Waals surface area contributed by atoms with Crippen molar-refractivity contribution < 1.29 is 4.74 Å². The molecule has 0 aliphatic carbocycles. The molecule has 0 bridgehead atoms. The molecule has 102 valence electrons. The molecule has 2 rings (SSSR count). The first kappa shape index (κ1) is 13.9. The fraction of sp³-hybridized carbons (Fsp3) is 0.357. The topological polar surface area (TPSA) is 39.1 Å². The zero-order valence-electron chi connectivity index (χ0n) is 11.4. The molecule has 4 nitrogen and oxygen atoms in total. The van der Waals surface area contributed by atoms with Crippen LogP contribution in [-0.2, 0) is 4.74 Å². The number of para-hydroxylation sites is 1. The van der Waals surface area contributed by atoms with Crippen molar-refractivity contribution in [1.82, 2.24) is 9.55 Å². The molecule has 0 saturated carbocycles. The highest BCUT2D eigenvalue weighted by Crippen LogP contribution is 2.24. The van der Waals surface area contributed by atoms with E-state index in [9.17, 15) is 0 Å². The Morgan fingerprint density at radius 3 is 2.84 bits per heavy atom. The van der Waals surface area contributed by atoms with Crippen LogP contribution in [0.2, 0.25) is 5.02 Å². The predicted octanol–water partition coefficient (Wildman–Crippen LogP) is 3.28. The molecule has 0 aliphatic heterocycles. The molecular formula is C14H18ClN3O. The number of methoxy groups -OCH3 is 1. The summed E-state index contributed by atoms with van der Waals surface area (Å²) in [6.07, 6.45) is 1.96. The Balaban J connectivity index is 2.33. The Hall–Kier alpha value is -1.52. The van der Waals surface area contributed by atoms with Gasteiger partial charge in [0.05, 0.1) is 23.0 Å². The van der Waals surface area contributed by atoms with Crippen molar-refractivity contribution in [3.8, 4) is 5.69 Å². The summed E-state index contributed by atoms with van der Waals surface area (Å²) in [4.78, 5) is 4.49. The van der Waals surface area contributed by atoms with Crippen molar-refractivity contribution in [2.75, 3.05) is 19.0 Å². The van der Waals surface area contributed by atoms with Crippen LogP contribution in [0.3, 0.4) is 0 Å². The number of anilines is 1. The van der Waals surface area contributed by atoms with Gasteiger partial charge >= 0.3 is 0 Å². The summed E-state index contributed by atoms with van der Waals surface area (Å²) >= 11 is 6.24. The van der Waals surface area contributed by atoms with Gasteiger partial charge in [-0.1, -0.05) is 23.7 Å². The Bertz CT molecular complexity index is 553. The molecule has 5 heteroatoms. The van der Waals surface area contributed by atoms with Gasteiger partial charge in [-0.3, -0.25) is 4.57 Å². The molecule has 0 spiro atoms. The predicted molar refractivity (Wildman–Crippen MR) is 78.3 cm³/mol. The summed E-state index contributed by atoms with van der Waals surface area (Å²) in [5.41, 5.74) is 1.85. The van der Waals surface area contributed by atoms with E-state index in [4.69, 9.17) is 16.3 Å². The zero-order valence-corrected chi connectivity index (χ0v) is 12.1. The summed E-state index contributed by atoms with van der Waals surface area (Å²) in [6.45, 7) is 4.62. The van der Waals surface area contributed by atoms with Gasteiger partial charge in [0.2, 0.25) is 5.95 Å². The molecule has 1 aromatic heterocycles. The second-order valence-electron chi connectivity index (χ2n) is 4.53. The van der Waals surface area contributed by atoms with Crippen LogP contribution in [0.1, 0.15) is 12.6 Å². The number of halogens is 1. The van der Waals surface area contributed by atoms with E-state index in [1.54, 1.807) is 7.11 Å². The number of nitrogens with one attached hydrogen (secondary N) is 1. The lowest BCUT2D eigenvalue weighted by Crippen LogP contribution is -2.22. The minimum absolute atomic E-state index is 0.174. The van der Waals surface area contributed by atoms with E-state index in [1.807, 2.05) is 48.9 Å². The van der Waals surface area contributed by atoms with Crippen LogP contribution in [0.4, 0.5) is 5.95 Å². The van der Waals surface area contributed by atoms with E-state index >= 15 is 0 Å². The van der Waals surface area contributed by atoms with E-state index < -0.39 is 0 Å². The van der Waals surface area contributed by atoms with Gasteiger partial charge < -0.3 is 10.1 Å². The second kappa shape index (κ2) is 6.08. The van der Waals surface area contributed by atoms with Gasteiger partial charge in [0.1, 0.15) is 0 Å². The molecule has 1 heterocycles. The summed E-state index contributed by atoms with van der Waals surface area (Å²) in [5, 5.41) is 4.02. The van der Waals surface area contributed by atoms with E-state index in [0.29, 0.717) is 11.6 Å². The van der Waals surface area contributed by atoms with Crippen molar-refractivity contribution >= 4 is 17.5 Å². The summed E-state index contributed by atoms with van der Waals surface area (Å²) < 4.78 is 7.09. The van der Waals surface area contributed by atoms with Crippen LogP contribution >= 0.6 is 11.6 Å². The van der Waals surface area contributed by atoms with Crippen molar-refractivity contribution in [3.05, 3.63) is 41.2 Å². The van der Waals surface area contributed by atoms with Gasteiger partial charge in [0, 0.05) is 19.3 Å². The van der Waals surface area contributed by atoms with Gasteiger partial charge in [0.15, 0.2) is 0 Å². The highest BCUT2D eigenvalue weighted by atomic mass is 35.5. The lowest BCUT2D eigenvalue weighted by atomic mass is 10.3. The quantitative estimate of drug-likeness (QED) is 0.913. The summed E-state index contributed by atoms with van der Waals surface area (Å²) in [6, 6.07) is 7.88. The number of benzene rings is 1. The monoisotopic (exact) mass is 279 g/mol. The summed E-state index contributed by atoms with van der Waals surface area (Å²) in [5.74, 6) is 0.773. The average molecular weight is 280 g/mol. The molecule has 1 atom stereocenters. The normalized spacial score (nSPS) is 12.4. The highest BCUT2D eigenvalue weighted by Gasteiger charge is 2.12. The van der Waals surface area contributed by atoms with Crippen LogP contribution < -0.4 is 5.32 Å². The van der Waals surface area contributed by atoms with E-state index in [0.717, 1.165) is 17.3 Å². The van der Waals surface area contributed by atoms with Crippen LogP contribution in [0.15, 0.2) is 30.5 Å². The molecule has 1 aromatic carbocycles. The molecule has 2 aromatic rings. The Morgan fingerprint density at radius 2 is 2.16 bits per heavy atom. The fourth-order valence-corrected chi connectivity index (χ4v) is 2.17. The molecule has 1 unspecified atom stereocenters. The van der Waals surface area contributed by atoms with E-state index in [2.05, 4.69) is 10.3 Å². The van der Waals surface area contributed by atoms with Crippen LogP contribution in [-0.4, -0.2) is 29.3 Å². The maximum atomic E-state index is 6.24. The van der Waals surface area contributed by atoms with Gasteiger partial charge in [0.25, 0.3) is 0 Å². The Labute approximate surface area is 118 Å². The van der Waals surface area contributed by atoms with Gasteiger partial charge in [-0.25, -0.2) is 4.98 Å². The van der Waals surface area contributed by atoms with Crippen molar-refractivity contribution in [1.29, 1.82) is 0 Å². The number of rotatable bonds is 5. The summed E-state index contributed by atoms with van der Waals surface area (Å²) in [7, 11) is 1.68. The lowest BCUT2D eigenvalue weighted by Gasteiger charge is -2.15. The van der Waals surface area contributed by atoms with Crippen LogP contribution in [0.25, 0.3) is 5.69 Å². The van der Waals surface area contributed by atoms with E-state index in [1.165, 1.54) is 0 Å². The maximum Gasteiger partial charge on any atom is 0.208 e. The number of nitrogens with zero attached hydrogens (tertiary/aromatic N) is 2. The first-order valence-corrected chi connectivity index (χ1v) is 6.56. The van der Waals surface area contributed by atoms with Crippen molar-refractivity contribution in [2.24, 2.45) is 0 Å². The fourth-order valence-electron chi connectivity index (χ4n) is 1.94. The third-order valence-electron chi connectivity index (χ3n) is 2.73. The highest BCUT2D eigenvalue weighted by molar-refractivity contribution is 6.32. The Morgan fingerprint density at radius 1 is 1.42 bits per heavy atom. The largest absolute Gasteiger partial charge is 0.383 e. The van der Waals surface area contributed by atoms with Gasteiger partial charge in [-0.15, -0.1) is 0 Å². The number of hydrogen-bond acceptors (Lipinski definition) is 3. The van der Waals surface area contributed by atoms with Gasteiger partial charge in [-0.2, -0.15) is 0 Å². The second-order valence-corrected chi connectivity index (χ2v) is 4.94. The molecule has 0 aliphatic rings. The SMILES string of the molecule is COCC(C)Nc1nc(C)cn1-c1ccccc1Cl. The number of hydrogen-bond donors (Lipinski definition) is 1. The smallest absolute Gasteiger partial charge is 0.208 e. The third-order valence-corrected chi connectivity index (χ3v) is 3.05. The number of ether oxygens (including phenoxy) is 1. The van der Waals surface area contributed by atoms with Gasteiger partial charge in [-0.05, 0) is 26.0 Å². The molecule has 19 heavy (non-hydrogen) atoms. The minimum atomic E-state index is 0.174.